The minimum Gasteiger partial charge on any atom is -0.319 e. The summed E-state index contributed by atoms with van der Waals surface area (Å²) in [5.74, 6) is 0.134. The monoisotopic (exact) mass is 281 g/mol. The average Bonchev–Trinajstić information content (AvgIpc) is 2.44. The topological polar surface area (TPSA) is 12.0 Å². The van der Waals surface area contributed by atoms with Crippen LogP contribution in [0.15, 0.2) is 18.2 Å². The summed E-state index contributed by atoms with van der Waals surface area (Å²) in [6, 6.07) is 4.43. The number of benzene rings is 1. The average molecular weight is 281 g/mol. The molecule has 112 valence electrons. The van der Waals surface area contributed by atoms with Crippen LogP contribution >= 0.6 is 0 Å². The lowest BCUT2D eigenvalue weighted by Gasteiger charge is -2.36. The van der Waals surface area contributed by atoms with E-state index < -0.39 is 11.6 Å². The second kappa shape index (κ2) is 7.16. The van der Waals surface area contributed by atoms with Gasteiger partial charge in [-0.1, -0.05) is 32.3 Å². The molecule has 1 aromatic rings. The van der Waals surface area contributed by atoms with Crippen molar-refractivity contribution in [3.8, 4) is 0 Å². The van der Waals surface area contributed by atoms with Crippen molar-refractivity contribution >= 4 is 0 Å². The molecule has 0 spiro atoms. The fourth-order valence-corrected chi connectivity index (χ4v) is 3.65. The normalized spacial score (nSPS) is 26.7. The Morgan fingerprint density at radius 3 is 2.65 bits per heavy atom. The zero-order valence-corrected chi connectivity index (χ0v) is 12.5. The summed E-state index contributed by atoms with van der Waals surface area (Å²) >= 11 is 0. The van der Waals surface area contributed by atoms with Crippen molar-refractivity contribution in [1.82, 2.24) is 5.32 Å². The Morgan fingerprint density at radius 2 is 2.00 bits per heavy atom. The maximum absolute atomic E-state index is 13.5. The van der Waals surface area contributed by atoms with Gasteiger partial charge in [0.05, 0.1) is 0 Å². The second-order valence-electron chi connectivity index (χ2n) is 6.07. The molecule has 0 bridgehead atoms. The summed E-state index contributed by atoms with van der Waals surface area (Å²) in [6.07, 6.45) is 5.99. The van der Waals surface area contributed by atoms with Crippen LogP contribution in [0.5, 0.6) is 0 Å². The standard InChI is InChI=1S/C17H25F2N/c1-3-4-12-5-6-14(11-20-2)15(9-12)13-7-8-16(18)17(19)10-13/h7-8,10,12,14-15,20H,3-6,9,11H2,1-2H3. The van der Waals surface area contributed by atoms with Crippen LogP contribution in [0.4, 0.5) is 8.78 Å². The van der Waals surface area contributed by atoms with Crippen LogP contribution < -0.4 is 5.32 Å². The summed E-state index contributed by atoms with van der Waals surface area (Å²) in [5, 5.41) is 3.24. The zero-order chi connectivity index (χ0) is 14.5. The van der Waals surface area contributed by atoms with Gasteiger partial charge in [-0.05, 0) is 61.9 Å². The highest BCUT2D eigenvalue weighted by molar-refractivity contribution is 5.23. The fraction of sp³-hybridized carbons (Fsp3) is 0.647. The van der Waals surface area contributed by atoms with Gasteiger partial charge in [0.1, 0.15) is 0 Å². The van der Waals surface area contributed by atoms with Crippen molar-refractivity contribution in [2.24, 2.45) is 11.8 Å². The van der Waals surface area contributed by atoms with Gasteiger partial charge in [0.25, 0.3) is 0 Å². The summed E-state index contributed by atoms with van der Waals surface area (Å²) in [4.78, 5) is 0. The molecular weight excluding hydrogens is 256 g/mol. The predicted octanol–water partition coefficient (Wildman–Crippen LogP) is 4.48. The van der Waals surface area contributed by atoms with Gasteiger partial charge in [-0.3, -0.25) is 0 Å². The fourth-order valence-electron chi connectivity index (χ4n) is 3.65. The second-order valence-corrected chi connectivity index (χ2v) is 6.07. The van der Waals surface area contributed by atoms with Gasteiger partial charge in [0, 0.05) is 0 Å². The van der Waals surface area contributed by atoms with E-state index in [9.17, 15) is 8.78 Å². The number of hydrogen-bond acceptors (Lipinski definition) is 1. The molecule has 0 amide bonds. The Labute approximate surface area is 120 Å². The summed E-state index contributed by atoms with van der Waals surface area (Å²) < 4.78 is 26.6. The van der Waals surface area contributed by atoms with E-state index in [1.54, 1.807) is 6.07 Å². The maximum atomic E-state index is 13.5. The minimum absolute atomic E-state index is 0.350. The molecule has 20 heavy (non-hydrogen) atoms. The van der Waals surface area contributed by atoms with Gasteiger partial charge in [-0.25, -0.2) is 8.78 Å². The van der Waals surface area contributed by atoms with Gasteiger partial charge < -0.3 is 5.32 Å². The summed E-state index contributed by atoms with van der Waals surface area (Å²) in [7, 11) is 1.96. The Kier molecular flexibility index (Phi) is 5.53. The third-order valence-electron chi connectivity index (χ3n) is 4.64. The van der Waals surface area contributed by atoms with Crippen molar-refractivity contribution in [3.05, 3.63) is 35.4 Å². The zero-order valence-electron chi connectivity index (χ0n) is 12.5. The van der Waals surface area contributed by atoms with E-state index in [-0.39, 0.29) is 0 Å². The molecular formula is C17H25F2N. The highest BCUT2D eigenvalue weighted by atomic mass is 19.2. The van der Waals surface area contributed by atoms with Crippen molar-refractivity contribution in [2.45, 2.75) is 44.9 Å². The largest absolute Gasteiger partial charge is 0.319 e. The molecule has 0 aliphatic heterocycles. The Hall–Kier alpha value is -0.960. The van der Waals surface area contributed by atoms with E-state index in [1.165, 1.54) is 37.8 Å². The number of hydrogen-bond donors (Lipinski definition) is 1. The SMILES string of the molecule is CCCC1CCC(CNC)C(c2ccc(F)c(F)c2)C1. The molecule has 1 fully saturated rings. The molecule has 1 aliphatic carbocycles. The highest BCUT2D eigenvalue weighted by Gasteiger charge is 2.31. The van der Waals surface area contributed by atoms with Crippen LogP contribution in [0.2, 0.25) is 0 Å². The minimum atomic E-state index is -0.750. The molecule has 3 atom stereocenters. The first-order chi connectivity index (χ1) is 9.65. The van der Waals surface area contributed by atoms with E-state index >= 15 is 0 Å². The molecule has 1 aliphatic rings. The van der Waals surface area contributed by atoms with E-state index in [0.29, 0.717) is 11.8 Å². The van der Waals surface area contributed by atoms with E-state index in [4.69, 9.17) is 0 Å². The van der Waals surface area contributed by atoms with E-state index in [2.05, 4.69) is 12.2 Å². The Balaban J connectivity index is 2.19. The third kappa shape index (κ3) is 3.57. The first kappa shape index (κ1) is 15.4. The van der Waals surface area contributed by atoms with Crippen molar-refractivity contribution in [1.29, 1.82) is 0 Å². The smallest absolute Gasteiger partial charge is 0.159 e. The van der Waals surface area contributed by atoms with Crippen molar-refractivity contribution in [2.75, 3.05) is 13.6 Å². The number of halogens is 2. The molecule has 0 aromatic heterocycles. The molecule has 3 heteroatoms. The summed E-state index contributed by atoms with van der Waals surface area (Å²) in [5.41, 5.74) is 0.963. The van der Waals surface area contributed by atoms with Crippen LogP contribution in [0.3, 0.4) is 0 Å². The Bertz CT molecular complexity index is 433. The molecule has 3 unspecified atom stereocenters. The lowest BCUT2D eigenvalue weighted by atomic mass is 9.70. The molecule has 0 radical (unpaired) electrons. The highest BCUT2D eigenvalue weighted by Crippen LogP contribution is 2.42. The van der Waals surface area contributed by atoms with Gasteiger partial charge in [0.2, 0.25) is 0 Å². The van der Waals surface area contributed by atoms with E-state index in [0.717, 1.165) is 24.4 Å². The molecule has 1 saturated carbocycles. The number of nitrogens with one attached hydrogen (secondary N) is 1. The van der Waals surface area contributed by atoms with E-state index in [1.807, 2.05) is 7.05 Å². The quantitative estimate of drug-likeness (QED) is 0.839. The predicted molar refractivity (Wildman–Crippen MR) is 78.8 cm³/mol. The molecule has 0 saturated heterocycles. The molecule has 2 rings (SSSR count). The number of rotatable bonds is 5. The maximum Gasteiger partial charge on any atom is 0.159 e. The van der Waals surface area contributed by atoms with Crippen LogP contribution in [0.1, 0.15) is 50.5 Å². The van der Waals surface area contributed by atoms with Crippen molar-refractivity contribution in [3.63, 3.8) is 0 Å². The lowest BCUT2D eigenvalue weighted by Crippen LogP contribution is -2.30. The first-order valence-corrected chi connectivity index (χ1v) is 7.75. The van der Waals surface area contributed by atoms with Gasteiger partial charge in [-0.2, -0.15) is 0 Å². The summed E-state index contributed by atoms with van der Waals surface area (Å²) in [6.45, 7) is 3.16. The van der Waals surface area contributed by atoms with Gasteiger partial charge in [-0.15, -0.1) is 0 Å². The molecule has 1 N–H and O–H groups in total. The molecule has 1 nitrogen and oxygen atoms in total. The molecule has 0 heterocycles. The van der Waals surface area contributed by atoms with Crippen molar-refractivity contribution < 1.29 is 8.78 Å². The van der Waals surface area contributed by atoms with Gasteiger partial charge in [0.15, 0.2) is 11.6 Å². The molecule has 1 aromatic carbocycles. The van der Waals surface area contributed by atoms with Crippen LogP contribution in [0, 0.1) is 23.5 Å². The van der Waals surface area contributed by atoms with Crippen LogP contribution in [0.25, 0.3) is 0 Å². The van der Waals surface area contributed by atoms with Crippen LogP contribution in [-0.4, -0.2) is 13.6 Å². The van der Waals surface area contributed by atoms with Crippen LogP contribution in [-0.2, 0) is 0 Å². The van der Waals surface area contributed by atoms with Gasteiger partial charge >= 0.3 is 0 Å². The first-order valence-electron chi connectivity index (χ1n) is 7.75. The Morgan fingerprint density at radius 1 is 1.20 bits per heavy atom. The third-order valence-corrected chi connectivity index (χ3v) is 4.64. The lowest BCUT2D eigenvalue weighted by molar-refractivity contribution is 0.222.